The van der Waals surface area contributed by atoms with Gasteiger partial charge in [-0.15, -0.1) is 0 Å². The van der Waals surface area contributed by atoms with Crippen molar-refractivity contribution in [1.29, 1.82) is 5.41 Å². The zero-order valence-electron chi connectivity index (χ0n) is 25.5. The predicted molar refractivity (Wildman–Crippen MR) is 165 cm³/mol. The number of ether oxygens (including phenoxy) is 1. The van der Waals surface area contributed by atoms with Crippen molar-refractivity contribution in [3.63, 3.8) is 0 Å². The highest BCUT2D eigenvalue weighted by Crippen LogP contribution is 2.27. The van der Waals surface area contributed by atoms with Gasteiger partial charge in [0.25, 0.3) is 0 Å². The van der Waals surface area contributed by atoms with Crippen LogP contribution in [0, 0.1) is 19.3 Å². The van der Waals surface area contributed by atoms with Gasteiger partial charge < -0.3 is 20.4 Å². The van der Waals surface area contributed by atoms with Gasteiger partial charge in [-0.05, 0) is 119 Å². The molecule has 2 aromatic carbocycles. The largest absolute Gasteiger partial charge is 0.504 e. The number of allylic oxidation sites excluding steroid dienone is 5. The molecule has 0 saturated carbocycles. The van der Waals surface area contributed by atoms with E-state index in [0.29, 0.717) is 12.4 Å². The Kier molecular flexibility index (Phi) is 24.2. The highest BCUT2D eigenvalue weighted by Gasteiger charge is 2.04. The van der Waals surface area contributed by atoms with Crippen LogP contribution in [0.1, 0.15) is 84.6 Å². The number of nitrogens with one attached hydrogen (secondary N) is 1. The standard InChI is InChI=1S/C18H24.C10H14O2.C2H5N.C2H6.CH4O/c1-12(2)16(6)14(4)11-15(5)18-10-8-9-13(3)17(18)7;1-3-8-5-6-10(12-4-2)9(11)7-8;1-2-3;2*1-2/h8-11H,1H2,2-7H3;5-7,11H,3-4H2,1-2H3;2-3H,1H3;1-2H3;2H,1H3/b15-11+,16-14+;;;;. The van der Waals surface area contributed by atoms with Crippen LogP contribution >= 0.6 is 0 Å². The molecule has 0 unspecified atom stereocenters. The molecule has 0 aliphatic heterocycles. The first-order valence-corrected chi connectivity index (χ1v) is 13.0. The van der Waals surface area contributed by atoms with Gasteiger partial charge in [0.05, 0.1) is 6.61 Å². The minimum Gasteiger partial charge on any atom is -0.504 e. The summed E-state index contributed by atoms with van der Waals surface area (Å²) < 4.78 is 5.19. The van der Waals surface area contributed by atoms with Crippen LogP contribution in [0.2, 0.25) is 0 Å². The van der Waals surface area contributed by atoms with Crippen molar-refractivity contribution in [2.24, 2.45) is 0 Å². The monoisotopic (exact) mass is 511 g/mol. The maximum Gasteiger partial charge on any atom is 0.160 e. The van der Waals surface area contributed by atoms with Crippen LogP contribution in [-0.2, 0) is 6.42 Å². The molecule has 4 heteroatoms. The Balaban J connectivity index is -0.000000525. The smallest absolute Gasteiger partial charge is 0.160 e. The Morgan fingerprint density at radius 2 is 1.54 bits per heavy atom. The molecule has 0 aromatic heterocycles. The van der Waals surface area contributed by atoms with E-state index in [4.69, 9.17) is 15.3 Å². The highest BCUT2D eigenvalue weighted by molar-refractivity contribution is 5.70. The third kappa shape index (κ3) is 15.6. The second-order valence-corrected chi connectivity index (χ2v) is 8.04. The molecule has 4 nitrogen and oxygen atoms in total. The number of aromatic hydroxyl groups is 1. The van der Waals surface area contributed by atoms with Crippen molar-refractivity contribution in [2.45, 2.75) is 82.6 Å². The van der Waals surface area contributed by atoms with Gasteiger partial charge in [-0.25, -0.2) is 0 Å². The lowest BCUT2D eigenvalue weighted by Gasteiger charge is -2.10. The molecule has 37 heavy (non-hydrogen) atoms. The van der Waals surface area contributed by atoms with Gasteiger partial charge in [0.15, 0.2) is 11.5 Å². The fourth-order valence-corrected chi connectivity index (χ4v) is 3.09. The molecule has 0 bridgehead atoms. The molecule has 0 aliphatic rings. The van der Waals surface area contributed by atoms with E-state index < -0.39 is 0 Å². The van der Waals surface area contributed by atoms with E-state index in [1.807, 2.05) is 26.8 Å². The molecule has 3 N–H and O–H groups in total. The fourth-order valence-electron chi connectivity index (χ4n) is 3.09. The van der Waals surface area contributed by atoms with E-state index in [9.17, 15) is 5.11 Å². The Morgan fingerprint density at radius 1 is 1.00 bits per heavy atom. The molecule has 0 aliphatic carbocycles. The highest BCUT2D eigenvalue weighted by atomic mass is 16.5. The van der Waals surface area contributed by atoms with Crippen molar-refractivity contribution in [1.82, 2.24) is 0 Å². The molecule has 208 valence electrons. The van der Waals surface area contributed by atoms with Crippen LogP contribution in [-0.4, -0.2) is 30.1 Å². The van der Waals surface area contributed by atoms with E-state index in [0.717, 1.165) is 24.7 Å². The fraction of sp³-hybridized carbons (Fsp3) is 0.424. The van der Waals surface area contributed by atoms with E-state index >= 15 is 0 Å². The molecule has 2 aromatic rings. The normalized spacial score (nSPS) is 10.4. The summed E-state index contributed by atoms with van der Waals surface area (Å²) in [6.45, 7) is 27.1. The minimum absolute atomic E-state index is 0.233. The molecule has 0 fully saturated rings. The van der Waals surface area contributed by atoms with Crippen LogP contribution in [0.15, 0.2) is 65.8 Å². The van der Waals surface area contributed by atoms with Crippen LogP contribution in [0.4, 0.5) is 0 Å². The topological polar surface area (TPSA) is 73.5 Å². The average Bonchev–Trinajstić information content (AvgIpc) is 2.89. The number of hydrogen-bond donors (Lipinski definition) is 3. The number of aliphatic hydroxyl groups excluding tert-OH is 1. The summed E-state index contributed by atoms with van der Waals surface area (Å²) in [7, 11) is 1.00. The summed E-state index contributed by atoms with van der Waals surface area (Å²) in [6.07, 6.45) is 4.44. The lowest BCUT2D eigenvalue weighted by molar-refractivity contribution is 0.318. The SMILES string of the molecule is C=C(C)/C(C)=C(C)/C=C(\C)c1cccc(C)c1C.CC.CC=N.CCOc1ccc(CC)cc1O.CO. The van der Waals surface area contributed by atoms with Gasteiger partial charge in [-0.1, -0.05) is 63.3 Å². The van der Waals surface area contributed by atoms with Crippen LogP contribution < -0.4 is 4.74 Å². The van der Waals surface area contributed by atoms with Gasteiger partial charge in [-0.2, -0.15) is 0 Å². The van der Waals surface area contributed by atoms with E-state index in [-0.39, 0.29) is 5.75 Å². The first-order chi connectivity index (χ1) is 17.5. The molecule has 0 spiro atoms. The average molecular weight is 512 g/mol. The maximum atomic E-state index is 9.43. The van der Waals surface area contributed by atoms with Gasteiger partial charge in [0, 0.05) is 7.11 Å². The lowest BCUT2D eigenvalue weighted by atomic mass is 9.95. The molecule has 0 amide bonds. The summed E-state index contributed by atoms with van der Waals surface area (Å²) in [5, 5.41) is 22.5. The Labute approximate surface area is 227 Å². The van der Waals surface area contributed by atoms with Crippen molar-refractivity contribution in [3.8, 4) is 11.5 Å². The molecular formula is C33H53NO3. The molecular weight excluding hydrogens is 458 g/mol. The number of rotatable bonds is 6. The maximum absolute atomic E-state index is 9.43. The van der Waals surface area contributed by atoms with Crippen molar-refractivity contribution < 1.29 is 14.9 Å². The van der Waals surface area contributed by atoms with Crippen molar-refractivity contribution >= 4 is 11.8 Å². The summed E-state index contributed by atoms with van der Waals surface area (Å²) in [5.41, 5.74) is 10.2. The van der Waals surface area contributed by atoms with Gasteiger partial charge >= 0.3 is 0 Å². The quantitative estimate of drug-likeness (QED) is 0.267. The van der Waals surface area contributed by atoms with Crippen LogP contribution in [0.5, 0.6) is 11.5 Å². The Bertz CT molecular complexity index is 985. The number of aliphatic hydroxyl groups is 1. The van der Waals surface area contributed by atoms with E-state index in [2.05, 4.69) is 79.3 Å². The third-order valence-corrected chi connectivity index (χ3v) is 5.43. The summed E-state index contributed by atoms with van der Waals surface area (Å²) >= 11 is 0. The van der Waals surface area contributed by atoms with Gasteiger partial charge in [0.1, 0.15) is 0 Å². The van der Waals surface area contributed by atoms with Crippen LogP contribution in [0.3, 0.4) is 0 Å². The van der Waals surface area contributed by atoms with Crippen molar-refractivity contribution in [2.75, 3.05) is 13.7 Å². The van der Waals surface area contributed by atoms with Gasteiger partial charge in [-0.3, -0.25) is 0 Å². The molecule has 0 saturated heterocycles. The lowest BCUT2D eigenvalue weighted by Crippen LogP contribution is -1.92. The molecule has 0 atom stereocenters. The van der Waals surface area contributed by atoms with E-state index in [1.54, 1.807) is 19.1 Å². The second kappa shape index (κ2) is 23.3. The third-order valence-electron chi connectivity index (χ3n) is 5.43. The number of benzene rings is 2. The molecule has 0 heterocycles. The Hall–Kier alpha value is -3.11. The number of hydrogen-bond acceptors (Lipinski definition) is 4. The predicted octanol–water partition coefficient (Wildman–Crippen LogP) is 9.26. The molecule has 2 rings (SSSR count). The van der Waals surface area contributed by atoms with Crippen LogP contribution in [0.25, 0.3) is 5.57 Å². The Morgan fingerprint density at radius 3 is 1.97 bits per heavy atom. The zero-order chi connectivity index (χ0) is 29.6. The molecule has 0 radical (unpaired) electrons. The van der Waals surface area contributed by atoms with Gasteiger partial charge in [0.2, 0.25) is 0 Å². The van der Waals surface area contributed by atoms with Crippen molar-refractivity contribution in [3.05, 3.63) is 88.0 Å². The number of phenolic OH excluding ortho intramolecular Hbond substituents is 1. The summed E-state index contributed by atoms with van der Waals surface area (Å²) in [5.74, 6) is 0.797. The first-order valence-electron chi connectivity index (χ1n) is 13.0. The number of phenols is 1. The zero-order valence-corrected chi connectivity index (χ0v) is 25.5. The number of aryl methyl sites for hydroxylation is 2. The van der Waals surface area contributed by atoms with E-state index in [1.165, 1.54) is 39.6 Å². The summed E-state index contributed by atoms with van der Waals surface area (Å²) in [6, 6.07) is 12.0. The second-order valence-electron chi connectivity index (χ2n) is 8.04. The first kappa shape index (κ1) is 38.4. The summed E-state index contributed by atoms with van der Waals surface area (Å²) in [4.78, 5) is 0. The minimum atomic E-state index is 0.233.